The number of halogens is 3. The lowest BCUT2D eigenvalue weighted by atomic mass is 10.3. The van der Waals surface area contributed by atoms with Crippen molar-refractivity contribution in [2.45, 2.75) is 9.79 Å². The predicted molar refractivity (Wildman–Crippen MR) is 74.9 cm³/mol. The van der Waals surface area contributed by atoms with E-state index in [1.165, 1.54) is 24.3 Å². The van der Waals surface area contributed by atoms with E-state index in [1.54, 1.807) is 24.3 Å². The van der Waals surface area contributed by atoms with Crippen molar-refractivity contribution in [1.29, 1.82) is 0 Å². The van der Waals surface area contributed by atoms with Crippen LogP contribution in [0.4, 0.5) is 8.78 Å². The molecule has 2 nitrogen and oxygen atoms in total. The zero-order valence-corrected chi connectivity index (χ0v) is 11.8. The summed E-state index contributed by atoms with van der Waals surface area (Å²) in [6.45, 7) is 0. The van der Waals surface area contributed by atoms with Gasteiger partial charge in [0.25, 0.3) is 5.91 Å². The Morgan fingerprint density at radius 1 is 0.950 bits per heavy atom. The van der Waals surface area contributed by atoms with E-state index in [0.717, 1.165) is 0 Å². The topological polar surface area (TPSA) is 29.4 Å². The minimum absolute atomic E-state index is 0.230. The lowest BCUT2D eigenvalue weighted by Gasteiger charge is -2.08. The van der Waals surface area contributed by atoms with Crippen molar-refractivity contribution < 1.29 is 13.6 Å². The number of carbonyl (C=O) groups excluding carboxylic acids is 1. The van der Waals surface area contributed by atoms with Crippen molar-refractivity contribution in [3.05, 3.63) is 60.2 Å². The van der Waals surface area contributed by atoms with Gasteiger partial charge in [-0.2, -0.15) is 4.36 Å². The summed E-state index contributed by atoms with van der Waals surface area (Å²) in [5, 5.41) is 0. The number of hydrogen-bond acceptors (Lipinski definition) is 1. The van der Waals surface area contributed by atoms with Gasteiger partial charge in [-0.25, -0.2) is 8.78 Å². The lowest BCUT2D eigenvalue weighted by molar-refractivity contribution is -0.115. The number of carbonyl (C=O) groups is 1. The van der Waals surface area contributed by atoms with Crippen LogP contribution in [-0.4, -0.2) is 11.8 Å². The smallest absolute Gasteiger partial charge is 0.267 e. The quantitative estimate of drug-likeness (QED) is 0.789. The van der Waals surface area contributed by atoms with Crippen molar-refractivity contribution in [2.75, 3.05) is 5.88 Å². The van der Waals surface area contributed by atoms with E-state index >= 15 is 0 Å². The molecule has 0 aromatic heterocycles. The summed E-state index contributed by atoms with van der Waals surface area (Å²) in [4.78, 5) is 12.8. The van der Waals surface area contributed by atoms with Crippen molar-refractivity contribution in [2.24, 2.45) is 4.36 Å². The molecule has 0 aliphatic carbocycles. The molecule has 0 unspecified atom stereocenters. The minimum atomic E-state index is -0.940. The molecule has 1 amide bonds. The molecule has 2 aromatic rings. The molecule has 0 atom stereocenters. The van der Waals surface area contributed by atoms with Gasteiger partial charge in [-0.15, -0.1) is 11.6 Å². The molecule has 0 aliphatic heterocycles. The van der Waals surface area contributed by atoms with Gasteiger partial charge in [0.2, 0.25) is 0 Å². The van der Waals surface area contributed by atoms with Gasteiger partial charge in [-0.1, -0.05) is 0 Å². The van der Waals surface area contributed by atoms with E-state index in [0.29, 0.717) is 9.79 Å². The van der Waals surface area contributed by atoms with Gasteiger partial charge >= 0.3 is 0 Å². The maximum atomic E-state index is 13.0. The Hall–Kier alpha value is -1.59. The zero-order valence-electron chi connectivity index (χ0n) is 10.2. The molecule has 6 heteroatoms. The fourth-order valence-corrected chi connectivity index (χ4v) is 3.16. The normalized spacial score (nSPS) is 10.6. The van der Waals surface area contributed by atoms with Crippen LogP contribution < -0.4 is 0 Å². The van der Waals surface area contributed by atoms with Gasteiger partial charge < -0.3 is 0 Å². The van der Waals surface area contributed by atoms with Crippen molar-refractivity contribution in [1.82, 2.24) is 0 Å². The van der Waals surface area contributed by atoms with Crippen molar-refractivity contribution in [3.8, 4) is 0 Å². The van der Waals surface area contributed by atoms with Gasteiger partial charge in [0.05, 0.1) is 0 Å². The Morgan fingerprint density at radius 2 is 1.35 bits per heavy atom. The summed E-state index contributed by atoms with van der Waals surface area (Å²) in [5.74, 6) is -1.45. The molecule has 0 aliphatic rings. The van der Waals surface area contributed by atoms with Crippen molar-refractivity contribution >= 4 is 28.2 Å². The molecule has 0 radical (unpaired) electrons. The van der Waals surface area contributed by atoms with Gasteiger partial charge in [-0.05, 0) is 59.2 Å². The third-order valence-corrected chi connectivity index (χ3v) is 4.43. The van der Waals surface area contributed by atoms with Crippen LogP contribution in [0.1, 0.15) is 0 Å². The van der Waals surface area contributed by atoms with Crippen LogP contribution in [0.5, 0.6) is 0 Å². The Balaban J connectivity index is 2.50. The lowest BCUT2D eigenvalue weighted by Crippen LogP contribution is -2.01. The molecule has 0 saturated carbocycles. The molecular weight excluding hydrogens is 304 g/mol. The second-order valence-electron chi connectivity index (χ2n) is 3.81. The summed E-state index contributed by atoms with van der Waals surface area (Å²) in [7, 11) is -0.940. The standard InChI is InChI=1S/C14H10ClF2NOS/c15-9-14(19)18-20(12-5-1-10(16)2-6-12)13-7-3-11(17)4-8-13/h1-8H,9H2. The molecule has 0 heterocycles. The van der Waals surface area contributed by atoms with E-state index in [9.17, 15) is 13.6 Å². The van der Waals surface area contributed by atoms with E-state index in [-0.39, 0.29) is 17.5 Å². The third-order valence-electron chi connectivity index (χ3n) is 2.38. The highest BCUT2D eigenvalue weighted by Crippen LogP contribution is 2.20. The Bertz CT molecular complexity index is 594. The Morgan fingerprint density at radius 3 is 1.70 bits per heavy atom. The minimum Gasteiger partial charge on any atom is -0.271 e. The van der Waals surface area contributed by atoms with E-state index < -0.39 is 16.6 Å². The molecule has 0 spiro atoms. The third kappa shape index (κ3) is 3.71. The highest BCUT2D eigenvalue weighted by Gasteiger charge is 2.08. The van der Waals surface area contributed by atoms with Crippen LogP contribution >= 0.6 is 11.6 Å². The summed E-state index contributed by atoms with van der Waals surface area (Å²) < 4.78 is 29.9. The largest absolute Gasteiger partial charge is 0.271 e. The molecule has 2 rings (SSSR count). The summed E-state index contributed by atoms with van der Waals surface area (Å²) >= 11 is 5.46. The fraction of sp³-hybridized carbons (Fsp3) is 0.0714. The predicted octanol–water partition coefficient (Wildman–Crippen LogP) is 3.95. The number of hydrogen-bond donors (Lipinski definition) is 0. The maximum absolute atomic E-state index is 13.0. The highest BCUT2D eigenvalue weighted by molar-refractivity contribution is 7.87. The van der Waals surface area contributed by atoms with Gasteiger partial charge in [0, 0.05) is 9.79 Å². The second-order valence-corrected chi connectivity index (χ2v) is 5.77. The SMILES string of the molecule is O=C(CCl)N=S(c1ccc(F)cc1)c1ccc(F)cc1. The van der Waals surface area contributed by atoms with E-state index in [4.69, 9.17) is 11.6 Å². The van der Waals surface area contributed by atoms with Gasteiger partial charge in [-0.3, -0.25) is 4.79 Å². The van der Waals surface area contributed by atoms with Crippen LogP contribution in [0.25, 0.3) is 0 Å². The molecule has 104 valence electrons. The maximum Gasteiger partial charge on any atom is 0.267 e. The van der Waals surface area contributed by atoms with Crippen LogP contribution in [0.15, 0.2) is 62.7 Å². The summed E-state index contributed by atoms with van der Waals surface area (Å²) in [6, 6.07) is 11.4. The monoisotopic (exact) mass is 313 g/mol. The highest BCUT2D eigenvalue weighted by atomic mass is 35.5. The van der Waals surface area contributed by atoms with Crippen LogP contribution in [-0.2, 0) is 15.5 Å². The number of amides is 1. The van der Waals surface area contributed by atoms with E-state index in [2.05, 4.69) is 4.36 Å². The van der Waals surface area contributed by atoms with Crippen LogP contribution in [0.2, 0.25) is 0 Å². The average Bonchev–Trinajstić information content (AvgIpc) is 2.46. The van der Waals surface area contributed by atoms with Gasteiger partial charge in [0.1, 0.15) is 17.5 Å². The molecule has 20 heavy (non-hydrogen) atoms. The molecule has 0 N–H and O–H groups in total. The first kappa shape index (κ1) is 14.8. The zero-order chi connectivity index (χ0) is 14.5. The average molecular weight is 314 g/mol. The summed E-state index contributed by atoms with van der Waals surface area (Å²) in [5.41, 5.74) is 0. The van der Waals surface area contributed by atoms with Crippen LogP contribution in [0.3, 0.4) is 0 Å². The first-order valence-electron chi connectivity index (χ1n) is 5.66. The van der Waals surface area contributed by atoms with Crippen LogP contribution in [0, 0.1) is 11.6 Å². The molecule has 0 saturated heterocycles. The number of benzene rings is 2. The van der Waals surface area contributed by atoms with Gasteiger partial charge in [0.15, 0.2) is 0 Å². The first-order valence-corrected chi connectivity index (χ1v) is 7.38. The molecular formula is C14H10ClF2NOS. The second kappa shape index (κ2) is 6.72. The Kier molecular flexibility index (Phi) is 4.98. The molecule has 0 bridgehead atoms. The molecule has 0 fully saturated rings. The summed E-state index contributed by atoms with van der Waals surface area (Å²) in [6.07, 6.45) is 0. The molecule has 2 aromatic carbocycles. The van der Waals surface area contributed by atoms with Crippen molar-refractivity contribution in [3.63, 3.8) is 0 Å². The number of rotatable bonds is 3. The van der Waals surface area contributed by atoms with E-state index in [1.807, 2.05) is 0 Å². The number of alkyl halides is 1. The first-order chi connectivity index (χ1) is 9.60. The number of nitrogens with zero attached hydrogens (tertiary/aromatic N) is 1. The fourth-order valence-electron chi connectivity index (χ4n) is 1.49. The Labute approximate surface area is 122 Å².